The molecule has 3 heterocycles. The average molecular weight is 546 g/mol. The van der Waals surface area contributed by atoms with Gasteiger partial charge in [0.15, 0.2) is 17.5 Å². The molecule has 4 rings (SSSR count). The lowest BCUT2D eigenvalue weighted by Crippen LogP contribution is -2.55. The Morgan fingerprint density at radius 2 is 1.97 bits per heavy atom. The lowest BCUT2D eigenvalue weighted by Gasteiger charge is -2.37. The molecule has 9 nitrogen and oxygen atoms in total. The van der Waals surface area contributed by atoms with Crippen molar-refractivity contribution in [1.29, 1.82) is 0 Å². The molecule has 1 atom stereocenters. The zero-order valence-corrected chi connectivity index (χ0v) is 20.2. The first kappa shape index (κ1) is 23.7. The summed E-state index contributed by atoms with van der Waals surface area (Å²) in [6.07, 6.45) is 1.57. The molecule has 2 fully saturated rings. The molecule has 0 spiro atoms. The van der Waals surface area contributed by atoms with E-state index in [9.17, 15) is 4.79 Å². The number of hydrogen-bond acceptors (Lipinski definition) is 6. The van der Waals surface area contributed by atoms with E-state index in [0.29, 0.717) is 38.6 Å². The van der Waals surface area contributed by atoms with Gasteiger partial charge >= 0.3 is 0 Å². The maximum Gasteiger partial charge on any atom is 0.251 e. The van der Waals surface area contributed by atoms with Crippen LogP contribution in [0.1, 0.15) is 19.8 Å². The van der Waals surface area contributed by atoms with E-state index in [1.165, 1.54) is 0 Å². The average Bonchev–Trinajstić information content (AvgIpc) is 3.47. The predicted octanol–water partition coefficient (Wildman–Crippen LogP) is 1.70. The van der Waals surface area contributed by atoms with Crippen molar-refractivity contribution in [3.05, 3.63) is 18.2 Å². The molecule has 0 aromatic heterocycles. The van der Waals surface area contributed by atoms with E-state index in [-0.39, 0.29) is 42.8 Å². The summed E-state index contributed by atoms with van der Waals surface area (Å²) in [4.78, 5) is 21.3. The molecule has 3 aliphatic heterocycles. The molecular formula is C21H31IN4O5. The summed E-state index contributed by atoms with van der Waals surface area (Å²) in [5.74, 6) is 3.18. The van der Waals surface area contributed by atoms with Crippen molar-refractivity contribution in [2.45, 2.75) is 25.9 Å². The number of aliphatic imine (C=N–C) groups is 1. The predicted molar refractivity (Wildman–Crippen MR) is 127 cm³/mol. The number of carbonyl (C=O) groups excluding carboxylic acids is 1. The van der Waals surface area contributed by atoms with Crippen LogP contribution in [0.25, 0.3) is 0 Å². The Morgan fingerprint density at radius 3 is 2.71 bits per heavy atom. The molecular weight excluding hydrogens is 515 g/mol. The summed E-state index contributed by atoms with van der Waals surface area (Å²) >= 11 is 0. The number of nitrogens with zero attached hydrogens (tertiary/aromatic N) is 3. The summed E-state index contributed by atoms with van der Waals surface area (Å²) in [6.45, 7) is 7.68. The lowest BCUT2D eigenvalue weighted by molar-refractivity contribution is -0.142. The van der Waals surface area contributed by atoms with Crippen molar-refractivity contribution in [3.63, 3.8) is 0 Å². The van der Waals surface area contributed by atoms with E-state index in [1.807, 2.05) is 23.1 Å². The van der Waals surface area contributed by atoms with Gasteiger partial charge in [-0.25, -0.2) is 4.99 Å². The Morgan fingerprint density at radius 1 is 1.19 bits per heavy atom. The van der Waals surface area contributed by atoms with Gasteiger partial charge in [-0.1, -0.05) is 0 Å². The minimum Gasteiger partial charge on any atom is -0.492 e. The van der Waals surface area contributed by atoms with Crippen molar-refractivity contribution >= 4 is 35.8 Å². The van der Waals surface area contributed by atoms with E-state index in [0.717, 1.165) is 49.9 Å². The van der Waals surface area contributed by atoms with Gasteiger partial charge in [-0.05, 0) is 31.9 Å². The van der Waals surface area contributed by atoms with Crippen LogP contribution in [0.4, 0.5) is 0 Å². The molecule has 1 N–H and O–H groups in total. The van der Waals surface area contributed by atoms with Gasteiger partial charge in [-0.2, -0.15) is 0 Å². The highest BCUT2D eigenvalue weighted by Gasteiger charge is 2.30. The lowest BCUT2D eigenvalue weighted by atomic mass is 10.2. The Labute approximate surface area is 200 Å². The van der Waals surface area contributed by atoms with E-state index in [1.54, 1.807) is 0 Å². The summed E-state index contributed by atoms with van der Waals surface area (Å²) in [6, 6.07) is 5.55. The second-order valence-electron chi connectivity index (χ2n) is 7.41. The third-order valence-electron chi connectivity index (χ3n) is 5.40. The van der Waals surface area contributed by atoms with Crippen LogP contribution in [-0.2, 0) is 9.53 Å². The van der Waals surface area contributed by atoms with Crippen molar-refractivity contribution in [2.24, 2.45) is 4.99 Å². The normalized spacial score (nSPS) is 20.4. The van der Waals surface area contributed by atoms with Crippen LogP contribution in [-0.4, -0.2) is 87.0 Å². The second kappa shape index (κ2) is 11.6. The first-order valence-corrected chi connectivity index (χ1v) is 10.7. The third-order valence-corrected chi connectivity index (χ3v) is 5.40. The van der Waals surface area contributed by atoms with Crippen LogP contribution in [0.3, 0.4) is 0 Å². The first-order chi connectivity index (χ1) is 14.7. The number of guanidine groups is 1. The Bertz CT molecular complexity index is 764. The van der Waals surface area contributed by atoms with Gasteiger partial charge in [0.25, 0.3) is 5.91 Å². The first-order valence-electron chi connectivity index (χ1n) is 10.7. The molecule has 10 heteroatoms. The van der Waals surface area contributed by atoms with Gasteiger partial charge in [-0.15, -0.1) is 24.0 Å². The molecule has 31 heavy (non-hydrogen) atoms. The fourth-order valence-corrected chi connectivity index (χ4v) is 3.82. The monoisotopic (exact) mass is 546 g/mol. The zero-order chi connectivity index (χ0) is 20.8. The number of nitrogens with one attached hydrogen (secondary N) is 1. The van der Waals surface area contributed by atoms with Crippen molar-refractivity contribution in [2.75, 3.05) is 59.3 Å². The molecule has 172 valence electrons. The smallest absolute Gasteiger partial charge is 0.251 e. The van der Waals surface area contributed by atoms with E-state index >= 15 is 0 Å². The highest BCUT2D eigenvalue weighted by molar-refractivity contribution is 14.0. The maximum atomic E-state index is 12.5. The maximum absolute atomic E-state index is 12.5. The fourth-order valence-electron chi connectivity index (χ4n) is 3.82. The minimum atomic E-state index is -0.244. The van der Waals surface area contributed by atoms with Gasteiger partial charge in [-0.3, -0.25) is 4.79 Å². The van der Waals surface area contributed by atoms with Crippen molar-refractivity contribution in [3.8, 4) is 17.2 Å². The van der Waals surface area contributed by atoms with E-state index in [2.05, 4.69) is 17.1 Å². The molecule has 0 bridgehead atoms. The SMILES string of the molecule is CCNC(=NCCOc1ccc2c(c1)OCO2)N1CCN(C(=O)C2CCCO2)CC1.I. The molecule has 0 radical (unpaired) electrons. The highest BCUT2D eigenvalue weighted by atomic mass is 127. The topological polar surface area (TPSA) is 84.9 Å². The molecule has 2 saturated heterocycles. The number of ether oxygens (including phenoxy) is 4. The third kappa shape index (κ3) is 6.06. The number of piperazine rings is 1. The van der Waals surface area contributed by atoms with Gasteiger partial charge in [0.05, 0.1) is 6.54 Å². The van der Waals surface area contributed by atoms with E-state index < -0.39 is 0 Å². The van der Waals surface area contributed by atoms with Crippen LogP contribution >= 0.6 is 24.0 Å². The largest absolute Gasteiger partial charge is 0.492 e. The number of hydrogen-bond donors (Lipinski definition) is 1. The molecule has 1 aromatic rings. The summed E-state index contributed by atoms with van der Waals surface area (Å²) in [7, 11) is 0. The quantitative estimate of drug-likeness (QED) is 0.252. The summed E-state index contributed by atoms with van der Waals surface area (Å²) in [5, 5.41) is 3.34. The van der Waals surface area contributed by atoms with Crippen LogP contribution in [0.2, 0.25) is 0 Å². The van der Waals surface area contributed by atoms with Gasteiger partial charge in [0.1, 0.15) is 18.5 Å². The van der Waals surface area contributed by atoms with Crippen LogP contribution in [0, 0.1) is 0 Å². The fraction of sp³-hybridized carbons (Fsp3) is 0.619. The summed E-state index contributed by atoms with van der Waals surface area (Å²) < 4.78 is 22.0. The number of rotatable bonds is 6. The molecule has 0 saturated carbocycles. The highest BCUT2D eigenvalue weighted by Crippen LogP contribution is 2.35. The molecule has 1 amide bonds. The number of carbonyl (C=O) groups is 1. The molecule has 1 aromatic carbocycles. The Kier molecular flexibility index (Phi) is 8.88. The van der Waals surface area contributed by atoms with E-state index in [4.69, 9.17) is 23.9 Å². The molecule has 3 aliphatic rings. The van der Waals surface area contributed by atoms with Crippen molar-refractivity contribution in [1.82, 2.24) is 15.1 Å². The van der Waals surface area contributed by atoms with Gasteiger partial charge < -0.3 is 34.1 Å². The molecule has 1 unspecified atom stereocenters. The number of halogens is 1. The zero-order valence-electron chi connectivity index (χ0n) is 17.9. The van der Waals surface area contributed by atoms with Gasteiger partial charge in [0.2, 0.25) is 6.79 Å². The van der Waals surface area contributed by atoms with Crippen LogP contribution < -0.4 is 19.5 Å². The second-order valence-corrected chi connectivity index (χ2v) is 7.41. The summed E-state index contributed by atoms with van der Waals surface area (Å²) in [5.41, 5.74) is 0. The van der Waals surface area contributed by atoms with Crippen LogP contribution in [0.15, 0.2) is 23.2 Å². The Balaban J connectivity index is 0.00000272. The minimum absolute atomic E-state index is 0. The Hall–Kier alpha value is -1.95. The standard InChI is InChI=1S/C21H30N4O5.HI/c1-2-22-21(23-7-13-27-16-5-6-17-19(14-16)30-15-29-17)25-10-8-24(9-11-25)20(26)18-4-3-12-28-18;/h5-6,14,18H,2-4,7-13,15H2,1H3,(H,22,23);1H. The van der Waals surface area contributed by atoms with Crippen molar-refractivity contribution < 1.29 is 23.7 Å². The van der Waals surface area contributed by atoms with Gasteiger partial charge in [0, 0.05) is 45.4 Å². The van der Waals surface area contributed by atoms with Crippen LogP contribution in [0.5, 0.6) is 17.2 Å². The number of amides is 1. The molecule has 0 aliphatic carbocycles. The number of benzene rings is 1. The number of fused-ring (bicyclic) bond motifs is 1.